The molecule has 0 saturated carbocycles. The predicted molar refractivity (Wildman–Crippen MR) is 125 cm³/mol. The Balaban J connectivity index is 1.37. The van der Waals surface area contributed by atoms with Crippen LogP contribution in [0.15, 0.2) is 59.9 Å². The first-order chi connectivity index (χ1) is 15.6. The standard InChI is InChI=1S/C22H17N5O3S2/c28-18(26-11-3-5-14-4-1-2-6-17(14)26)12-31-22-21-20(23-13-24-22)19(25-32-21)15-7-9-16(10-8-15)27(29)30/h1-2,4,6-10,13H,3,5,11-12H2. The average Bonchev–Trinajstić information content (AvgIpc) is 3.27. The van der Waals surface area contributed by atoms with Crippen molar-refractivity contribution in [1.82, 2.24) is 14.3 Å². The lowest BCUT2D eigenvalue weighted by Crippen LogP contribution is -2.36. The van der Waals surface area contributed by atoms with Crippen LogP contribution in [0, 0.1) is 10.1 Å². The van der Waals surface area contributed by atoms with Crippen molar-refractivity contribution in [3.8, 4) is 11.3 Å². The van der Waals surface area contributed by atoms with Gasteiger partial charge in [-0.2, -0.15) is 4.37 Å². The van der Waals surface area contributed by atoms with Crippen LogP contribution in [0.2, 0.25) is 0 Å². The number of hydrogen-bond acceptors (Lipinski definition) is 8. The normalized spacial score (nSPS) is 13.2. The number of nitro benzene ring substituents is 1. The first-order valence-corrected chi connectivity index (χ1v) is 11.7. The molecule has 0 fully saturated rings. The summed E-state index contributed by atoms with van der Waals surface area (Å²) in [5.74, 6) is 0.319. The number of nitro groups is 1. The van der Waals surface area contributed by atoms with Crippen LogP contribution in [-0.2, 0) is 11.2 Å². The van der Waals surface area contributed by atoms with Gasteiger partial charge in [-0.25, -0.2) is 9.97 Å². The van der Waals surface area contributed by atoms with Gasteiger partial charge in [-0.3, -0.25) is 14.9 Å². The van der Waals surface area contributed by atoms with E-state index in [0.717, 1.165) is 35.3 Å². The van der Waals surface area contributed by atoms with Crippen molar-refractivity contribution in [1.29, 1.82) is 0 Å². The quantitative estimate of drug-likeness (QED) is 0.182. The van der Waals surface area contributed by atoms with Gasteiger partial charge in [-0.05, 0) is 48.1 Å². The van der Waals surface area contributed by atoms with Gasteiger partial charge in [0.15, 0.2) is 0 Å². The molecular weight excluding hydrogens is 446 g/mol. The number of amides is 1. The predicted octanol–water partition coefficient (Wildman–Crippen LogP) is 4.73. The van der Waals surface area contributed by atoms with Crippen LogP contribution in [0.25, 0.3) is 21.5 Å². The fourth-order valence-electron chi connectivity index (χ4n) is 3.78. The zero-order valence-corrected chi connectivity index (χ0v) is 18.4. The molecule has 5 rings (SSSR count). The van der Waals surface area contributed by atoms with E-state index in [9.17, 15) is 14.9 Å². The second-order valence-corrected chi connectivity index (χ2v) is 9.00. The van der Waals surface area contributed by atoms with Gasteiger partial charge in [0.2, 0.25) is 5.91 Å². The number of rotatable bonds is 5. The minimum atomic E-state index is -0.433. The number of benzene rings is 2. The van der Waals surface area contributed by atoms with Crippen molar-refractivity contribution >= 4 is 50.8 Å². The molecule has 1 aliphatic heterocycles. The number of carbonyl (C=O) groups excluding carboxylic acids is 1. The Morgan fingerprint density at radius 3 is 2.78 bits per heavy atom. The highest BCUT2D eigenvalue weighted by Gasteiger charge is 2.23. The van der Waals surface area contributed by atoms with E-state index in [4.69, 9.17) is 0 Å². The Morgan fingerprint density at radius 2 is 1.97 bits per heavy atom. The summed E-state index contributed by atoms with van der Waals surface area (Å²) in [5.41, 5.74) is 4.30. The van der Waals surface area contributed by atoms with Crippen LogP contribution in [0.5, 0.6) is 0 Å². The number of non-ortho nitro benzene ring substituents is 1. The molecule has 2 aromatic carbocycles. The zero-order valence-electron chi connectivity index (χ0n) is 16.8. The first kappa shape index (κ1) is 20.5. The largest absolute Gasteiger partial charge is 0.311 e. The van der Waals surface area contributed by atoms with Crippen molar-refractivity contribution < 1.29 is 9.72 Å². The molecule has 0 unspecified atom stereocenters. The lowest BCUT2D eigenvalue weighted by Gasteiger charge is -2.29. The fourth-order valence-corrected chi connectivity index (χ4v) is 5.57. The van der Waals surface area contributed by atoms with Gasteiger partial charge in [0.25, 0.3) is 5.69 Å². The Kier molecular flexibility index (Phi) is 5.54. The average molecular weight is 464 g/mol. The summed E-state index contributed by atoms with van der Waals surface area (Å²) in [5, 5.41) is 11.6. The highest BCUT2D eigenvalue weighted by Crippen LogP contribution is 2.35. The summed E-state index contributed by atoms with van der Waals surface area (Å²) in [6.45, 7) is 0.723. The number of nitrogens with zero attached hydrogens (tertiary/aromatic N) is 5. The second kappa shape index (κ2) is 8.64. The molecule has 0 aliphatic carbocycles. The van der Waals surface area contributed by atoms with Gasteiger partial charge in [0, 0.05) is 29.9 Å². The molecule has 0 saturated heterocycles. The second-order valence-electron chi connectivity index (χ2n) is 7.26. The molecule has 8 nitrogen and oxygen atoms in total. The SMILES string of the molecule is O=C(CSc1ncnc2c(-c3ccc([N+](=O)[O-])cc3)nsc12)N1CCCc2ccccc21. The molecule has 4 aromatic rings. The summed E-state index contributed by atoms with van der Waals surface area (Å²) in [6, 6.07) is 14.3. The van der Waals surface area contributed by atoms with Crippen molar-refractivity contribution in [2.75, 3.05) is 17.2 Å². The van der Waals surface area contributed by atoms with Crippen LogP contribution >= 0.6 is 23.3 Å². The lowest BCUT2D eigenvalue weighted by molar-refractivity contribution is -0.384. The van der Waals surface area contributed by atoms with Gasteiger partial charge in [0.1, 0.15) is 27.3 Å². The van der Waals surface area contributed by atoms with Gasteiger partial charge in [-0.15, -0.1) is 0 Å². The maximum Gasteiger partial charge on any atom is 0.269 e. The number of anilines is 1. The molecular formula is C22H17N5O3S2. The Bertz CT molecular complexity index is 1320. The van der Waals surface area contributed by atoms with Crippen LogP contribution < -0.4 is 4.90 Å². The van der Waals surface area contributed by atoms with Gasteiger partial charge >= 0.3 is 0 Å². The fraction of sp³-hybridized carbons (Fsp3) is 0.182. The minimum Gasteiger partial charge on any atom is -0.311 e. The number of para-hydroxylation sites is 1. The van der Waals surface area contributed by atoms with E-state index in [1.54, 1.807) is 12.1 Å². The minimum absolute atomic E-state index is 0.0250. The maximum absolute atomic E-state index is 13.0. The van der Waals surface area contributed by atoms with E-state index < -0.39 is 4.92 Å². The highest BCUT2D eigenvalue weighted by atomic mass is 32.2. The molecule has 0 spiro atoms. The molecule has 1 aliphatic rings. The third kappa shape index (κ3) is 3.82. The molecule has 3 heterocycles. The van der Waals surface area contributed by atoms with Crippen molar-refractivity contribution in [2.24, 2.45) is 0 Å². The number of carbonyl (C=O) groups is 1. The topological polar surface area (TPSA) is 102 Å². The van der Waals surface area contributed by atoms with Gasteiger partial charge in [0.05, 0.1) is 10.7 Å². The first-order valence-electron chi connectivity index (χ1n) is 9.98. The molecule has 160 valence electrons. The number of aryl methyl sites for hydroxylation is 1. The van der Waals surface area contributed by atoms with E-state index in [1.807, 2.05) is 23.1 Å². The van der Waals surface area contributed by atoms with Crippen molar-refractivity contribution in [3.63, 3.8) is 0 Å². The highest BCUT2D eigenvalue weighted by molar-refractivity contribution is 8.00. The number of fused-ring (bicyclic) bond motifs is 2. The summed E-state index contributed by atoms with van der Waals surface area (Å²) < 4.78 is 5.31. The summed E-state index contributed by atoms with van der Waals surface area (Å²) in [7, 11) is 0. The monoisotopic (exact) mass is 463 g/mol. The molecule has 32 heavy (non-hydrogen) atoms. The Morgan fingerprint density at radius 1 is 1.16 bits per heavy atom. The summed E-state index contributed by atoms with van der Waals surface area (Å²) in [6.07, 6.45) is 3.42. The molecule has 0 N–H and O–H groups in total. The van der Waals surface area contributed by atoms with E-state index in [-0.39, 0.29) is 17.3 Å². The van der Waals surface area contributed by atoms with Crippen LogP contribution in [-0.4, -0.2) is 37.5 Å². The van der Waals surface area contributed by atoms with E-state index in [0.29, 0.717) is 16.2 Å². The summed E-state index contributed by atoms with van der Waals surface area (Å²) >= 11 is 2.65. The molecule has 1 amide bonds. The van der Waals surface area contributed by atoms with Gasteiger partial charge in [-0.1, -0.05) is 30.0 Å². The lowest BCUT2D eigenvalue weighted by atomic mass is 10.0. The number of aromatic nitrogens is 3. The smallest absolute Gasteiger partial charge is 0.269 e. The maximum atomic E-state index is 13.0. The molecule has 0 atom stereocenters. The van der Waals surface area contributed by atoms with Crippen LogP contribution in [0.1, 0.15) is 12.0 Å². The Hall–Kier alpha value is -3.37. The zero-order chi connectivity index (χ0) is 22.1. The van der Waals surface area contributed by atoms with Crippen molar-refractivity contribution in [3.05, 3.63) is 70.5 Å². The van der Waals surface area contributed by atoms with Crippen LogP contribution in [0.4, 0.5) is 11.4 Å². The molecule has 0 radical (unpaired) electrons. The summed E-state index contributed by atoms with van der Waals surface area (Å²) in [4.78, 5) is 34.1. The third-order valence-corrected chi connectivity index (χ3v) is 7.27. The van der Waals surface area contributed by atoms with Crippen LogP contribution in [0.3, 0.4) is 0 Å². The Labute approximate surface area is 191 Å². The third-order valence-electron chi connectivity index (χ3n) is 5.32. The van der Waals surface area contributed by atoms with Crippen molar-refractivity contribution in [2.45, 2.75) is 17.9 Å². The molecule has 0 bridgehead atoms. The van der Waals surface area contributed by atoms with E-state index in [1.165, 1.54) is 47.3 Å². The number of hydrogen-bond donors (Lipinski definition) is 0. The molecule has 10 heteroatoms. The molecule has 2 aromatic heterocycles. The van der Waals surface area contributed by atoms with E-state index >= 15 is 0 Å². The number of thioether (sulfide) groups is 1. The van der Waals surface area contributed by atoms with E-state index in [2.05, 4.69) is 20.4 Å². The van der Waals surface area contributed by atoms with Gasteiger partial charge < -0.3 is 4.90 Å².